The van der Waals surface area contributed by atoms with Crippen LogP contribution in [-0.2, 0) is 0 Å². The zero-order chi connectivity index (χ0) is 18.7. The van der Waals surface area contributed by atoms with Crippen LogP contribution >= 0.6 is 12.4 Å². The van der Waals surface area contributed by atoms with Crippen LogP contribution in [-0.4, -0.2) is 42.5 Å². The molecule has 27 heavy (non-hydrogen) atoms. The highest BCUT2D eigenvalue weighted by atomic mass is 35.5. The fraction of sp³-hybridized carbons (Fsp3) is 0.316. The summed E-state index contributed by atoms with van der Waals surface area (Å²) in [7, 11) is 1.44. The van der Waals surface area contributed by atoms with E-state index in [2.05, 4.69) is 0 Å². The minimum atomic E-state index is -0.518. The van der Waals surface area contributed by atoms with Crippen LogP contribution in [0.1, 0.15) is 21.8 Å². The fourth-order valence-corrected chi connectivity index (χ4v) is 3.50. The van der Waals surface area contributed by atoms with Gasteiger partial charge >= 0.3 is 0 Å². The highest BCUT2D eigenvalue weighted by Crippen LogP contribution is 2.34. The molecule has 2 aromatic rings. The number of nitrogens with two attached hydrogens (primary N) is 1. The van der Waals surface area contributed by atoms with E-state index in [0.29, 0.717) is 25.4 Å². The molecule has 0 radical (unpaired) electrons. The molecule has 2 N–H and O–H groups in total. The quantitative estimate of drug-likeness (QED) is 0.624. The molecule has 0 unspecified atom stereocenters. The van der Waals surface area contributed by atoms with E-state index in [-0.39, 0.29) is 41.4 Å². The number of carbonyl (C=O) groups excluding carboxylic acids is 1. The Kier molecular flexibility index (Phi) is 6.76. The smallest absolute Gasteiger partial charge is 0.270 e. The number of hydrogen-bond donors (Lipinski definition) is 1. The largest absolute Gasteiger partial charge is 0.496 e. The molecule has 0 spiro atoms. The normalized spacial score (nSPS) is 18.7. The zero-order valence-electron chi connectivity index (χ0n) is 14.9. The summed E-state index contributed by atoms with van der Waals surface area (Å²) >= 11 is 0. The van der Waals surface area contributed by atoms with Crippen molar-refractivity contribution >= 4 is 24.0 Å². The van der Waals surface area contributed by atoms with Gasteiger partial charge in [-0.15, -0.1) is 12.4 Å². The minimum absolute atomic E-state index is 0. The van der Waals surface area contributed by atoms with E-state index in [9.17, 15) is 14.9 Å². The summed E-state index contributed by atoms with van der Waals surface area (Å²) in [6.07, 6.45) is 0. The first-order valence-corrected chi connectivity index (χ1v) is 8.42. The van der Waals surface area contributed by atoms with Crippen molar-refractivity contribution in [1.29, 1.82) is 0 Å². The van der Waals surface area contributed by atoms with Crippen molar-refractivity contribution in [2.75, 3.05) is 26.7 Å². The van der Waals surface area contributed by atoms with Gasteiger partial charge in [0.15, 0.2) is 0 Å². The van der Waals surface area contributed by atoms with Gasteiger partial charge in [-0.1, -0.05) is 30.3 Å². The van der Waals surface area contributed by atoms with Crippen LogP contribution in [0.4, 0.5) is 5.69 Å². The molecule has 1 heterocycles. The number of methoxy groups -OCH3 is 1. The fourth-order valence-electron chi connectivity index (χ4n) is 3.50. The number of benzene rings is 2. The number of rotatable bonds is 5. The average molecular weight is 392 g/mol. The number of nitrogens with zero attached hydrogens (tertiary/aromatic N) is 2. The lowest BCUT2D eigenvalue weighted by atomic mass is 9.89. The SMILES string of the molecule is COc1ccc([N+](=O)[O-])cc1C(=O)N1C[C@@H](CN)[C@H](c2ccccc2)C1.Cl. The number of likely N-dealkylation sites (tertiary alicyclic amines) is 1. The van der Waals surface area contributed by atoms with E-state index in [1.807, 2.05) is 30.3 Å². The summed E-state index contributed by atoms with van der Waals surface area (Å²) in [5, 5.41) is 11.1. The first-order valence-electron chi connectivity index (χ1n) is 8.42. The van der Waals surface area contributed by atoms with Gasteiger partial charge in [-0.2, -0.15) is 0 Å². The summed E-state index contributed by atoms with van der Waals surface area (Å²) in [5.74, 6) is 0.344. The summed E-state index contributed by atoms with van der Waals surface area (Å²) < 4.78 is 5.23. The predicted molar refractivity (Wildman–Crippen MR) is 105 cm³/mol. The molecule has 1 saturated heterocycles. The molecule has 1 aliphatic heterocycles. The van der Waals surface area contributed by atoms with E-state index in [1.165, 1.54) is 25.3 Å². The maximum absolute atomic E-state index is 13.0. The highest BCUT2D eigenvalue weighted by Gasteiger charge is 2.36. The summed E-state index contributed by atoms with van der Waals surface area (Å²) in [4.78, 5) is 25.3. The van der Waals surface area contributed by atoms with Crippen molar-refractivity contribution in [1.82, 2.24) is 4.90 Å². The van der Waals surface area contributed by atoms with Crippen LogP contribution in [0, 0.1) is 16.0 Å². The second-order valence-corrected chi connectivity index (χ2v) is 6.36. The van der Waals surface area contributed by atoms with Crippen LogP contribution in [0.25, 0.3) is 0 Å². The molecule has 0 saturated carbocycles. The monoisotopic (exact) mass is 391 g/mol. The van der Waals surface area contributed by atoms with Crippen LogP contribution in [0.2, 0.25) is 0 Å². The van der Waals surface area contributed by atoms with Crippen molar-refractivity contribution in [2.24, 2.45) is 11.7 Å². The number of hydrogen-bond acceptors (Lipinski definition) is 5. The Labute approximate surface area is 163 Å². The van der Waals surface area contributed by atoms with Gasteiger partial charge in [-0.25, -0.2) is 0 Å². The van der Waals surface area contributed by atoms with Crippen LogP contribution in [0.3, 0.4) is 0 Å². The van der Waals surface area contributed by atoms with Gasteiger partial charge in [0.1, 0.15) is 5.75 Å². The first kappa shape index (κ1) is 20.7. The lowest BCUT2D eigenvalue weighted by molar-refractivity contribution is -0.384. The van der Waals surface area contributed by atoms with Crippen molar-refractivity contribution in [3.05, 3.63) is 69.8 Å². The standard InChI is InChI=1S/C19H21N3O4.ClH/c1-26-18-8-7-15(22(24)25)9-16(18)19(23)21-11-14(10-20)17(12-21)13-5-3-2-4-6-13;/h2-9,14,17H,10-12,20H2,1H3;1H/t14-,17+;/m1./s1. The third kappa shape index (κ3) is 4.20. The zero-order valence-corrected chi connectivity index (χ0v) is 15.7. The predicted octanol–water partition coefficient (Wildman–Crippen LogP) is 2.84. The maximum atomic E-state index is 13.0. The molecular formula is C19H22ClN3O4. The van der Waals surface area contributed by atoms with Gasteiger partial charge in [-0.3, -0.25) is 14.9 Å². The van der Waals surface area contributed by atoms with Gasteiger partial charge in [0.2, 0.25) is 0 Å². The van der Waals surface area contributed by atoms with E-state index < -0.39 is 4.92 Å². The lowest BCUT2D eigenvalue weighted by Crippen LogP contribution is -2.30. The Bertz CT molecular complexity index is 816. The second kappa shape index (κ2) is 8.83. The van der Waals surface area contributed by atoms with Crippen molar-refractivity contribution in [3.8, 4) is 5.75 Å². The second-order valence-electron chi connectivity index (χ2n) is 6.36. The molecule has 1 fully saturated rings. The number of nitro groups is 1. The first-order chi connectivity index (χ1) is 12.5. The third-order valence-corrected chi connectivity index (χ3v) is 4.88. The summed E-state index contributed by atoms with van der Waals surface area (Å²) in [6.45, 7) is 1.51. The molecule has 1 aliphatic rings. The van der Waals surface area contributed by atoms with Gasteiger partial charge in [0.05, 0.1) is 17.6 Å². The topological polar surface area (TPSA) is 98.7 Å². The maximum Gasteiger partial charge on any atom is 0.270 e. The Hall–Kier alpha value is -2.64. The Balaban J connectivity index is 0.00000261. The summed E-state index contributed by atoms with van der Waals surface area (Å²) in [6, 6.07) is 14.0. The highest BCUT2D eigenvalue weighted by molar-refractivity contribution is 5.98. The van der Waals surface area contributed by atoms with Gasteiger partial charge in [0.25, 0.3) is 11.6 Å². The molecule has 144 valence electrons. The molecular weight excluding hydrogens is 370 g/mol. The number of non-ortho nitro benzene ring substituents is 1. The number of nitro benzene ring substituents is 1. The molecule has 0 aromatic heterocycles. The lowest BCUT2D eigenvalue weighted by Gasteiger charge is -2.18. The van der Waals surface area contributed by atoms with Crippen LogP contribution < -0.4 is 10.5 Å². The molecule has 0 bridgehead atoms. The van der Waals surface area contributed by atoms with Crippen LogP contribution in [0.15, 0.2) is 48.5 Å². The van der Waals surface area contributed by atoms with Crippen molar-refractivity contribution < 1.29 is 14.5 Å². The van der Waals surface area contributed by atoms with Gasteiger partial charge in [-0.05, 0) is 24.1 Å². The van der Waals surface area contributed by atoms with E-state index in [1.54, 1.807) is 4.90 Å². The van der Waals surface area contributed by atoms with E-state index >= 15 is 0 Å². The molecule has 7 nitrogen and oxygen atoms in total. The summed E-state index contributed by atoms with van der Waals surface area (Å²) in [5.41, 5.74) is 7.14. The molecule has 2 aromatic carbocycles. The minimum Gasteiger partial charge on any atom is -0.496 e. The number of carbonyl (C=O) groups is 1. The van der Waals surface area contributed by atoms with E-state index in [0.717, 1.165) is 5.56 Å². The van der Waals surface area contributed by atoms with E-state index in [4.69, 9.17) is 10.5 Å². The van der Waals surface area contributed by atoms with Crippen LogP contribution in [0.5, 0.6) is 5.75 Å². The average Bonchev–Trinajstić information content (AvgIpc) is 3.12. The molecule has 0 aliphatic carbocycles. The van der Waals surface area contributed by atoms with Crippen molar-refractivity contribution in [2.45, 2.75) is 5.92 Å². The van der Waals surface area contributed by atoms with Gasteiger partial charge < -0.3 is 15.4 Å². The molecule has 2 atom stereocenters. The van der Waals surface area contributed by atoms with Crippen molar-refractivity contribution in [3.63, 3.8) is 0 Å². The number of halogens is 1. The Morgan fingerprint density at radius 2 is 1.96 bits per heavy atom. The Morgan fingerprint density at radius 3 is 2.56 bits per heavy atom. The molecule has 8 heteroatoms. The number of ether oxygens (including phenoxy) is 1. The molecule has 3 rings (SSSR count). The molecule has 1 amide bonds. The third-order valence-electron chi connectivity index (χ3n) is 4.88. The van der Waals surface area contributed by atoms with Gasteiger partial charge in [0, 0.05) is 31.1 Å². The Morgan fingerprint density at radius 1 is 1.26 bits per heavy atom. The number of amides is 1.